The molecule has 2 fully saturated rings. The first kappa shape index (κ1) is 16.4. The number of carbonyl (C=O) groups is 1. The molecule has 0 N–H and O–H groups in total. The molecule has 0 bridgehead atoms. The van der Waals surface area contributed by atoms with Gasteiger partial charge in [-0.05, 0) is 49.9 Å². The summed E-state index contributed by atoms with van der Waals surface area (Å²) in [4.78, 5) is 14.4. The lowest BCUT2D eigenvalue weighted by Gasteiger charge is -2.33. The van der Waals surface area contributed by atoms with Gasteiger partial charge in [-0.2, -0.15) is 4.31 Å². The normalized spacial score (nSPS) is 23.2. The number of hydrogen-bond donors (Lipinski definition) is 0. The monoisotopic (exact) mass is 340 g/mol. The molecule has 1 aromatic carbocycles. The summed E-state index contributed by atoms with van der Waals surface area (Å²) >= 11 is 0. The lowest BCUT2D eigenvalue weighted by molar-refractivity contribution is -0.135. The molecule has 2 saturated heterocycles. The lowest BCUT2D eigenvalue weighted by atomic mass is 9.98. The molecule has 1 amide bonds. The van der Waals surface area contributed by atoms with Crippen LogP contribution in [0.1, 0.15) is 25.7 Å². The molecule has 3 rings (SSSR count). The molecule has 126 valence electrons. The number of carbonyl (C=O) groups excluding carboxylic acids is 1. The topological polar surface area (TPSA) is 57.7 Å². The number of sulfonamides is 1. The molecule has 0 radical (unpaired) electrons. The number of hydrogen-bond acceptors (Lipinski definition) is 3. The Morgan fingerprint density at radius 1 is 1.04 bits per heavy atom. The number of rotatable bonds is 3. The van der Waals surface area contributed by atoms with E-state index in [2.05, 4.69) is 0 Å². The molecular weight excluding hydrogens is 319 g/mol. The van der Waals surface area contributed by atoms with Crippen molar-refractivity contribution in [1.82, 2.24) is 9.21 Å². The largest absolute Gasteiger partial charge is 0.342 e. The Morgan fingerprint density at radius 2 is 1.70 bits per heavy atom. The fourth-order valence-electron chi connectivity index (χ4n) is 3.31. The minimum absolute atomic E-state index is 0.0708. The molecule has 23 heavy (non-hydrogen) atoms. The molecule has 0 aromatic heterocycles. The van der Waals surface area contributed by atoms with E-state index >= 15 is 0 Å². The third kappa shape index (κ3) is 3.40. The Bertz CT molecular complexity index is 669. The molecule has 0 saturated carbocycles. The number of amides is 1. The van der Waals surface area contributed by atoms with Gasteiger partial charge in [-0.1, -0.05) is 0 Å². The predicted octanol–water partition coefficient (Wildman–Crippen LogP) is 1.85. The van der Waals surface area contributed by atoms with Crippen molar-refractivity contribution < 1.29 is 17.6 Å². The highest BCUT2D eigenvalue weighted by atomic mass is 32.2. The van der Waals surface area contributed by atoms with E-state index in [0.717, 1.165) is 44.5 Å². The van der Waals surface area contributed by atoms with Crippen molar-refractivity contribution in [2.24, 2.45) is 5.92 Å². The summed E-state index contributed by atoms with van der Waals surface area (Å²) in [7, 11) is -3.67. The van der Waals surface area contributed by atoms with Gasteiger partial charge in [0.2, 0.25) is 15.9 Å². The van der Waals surface area contributed by atoms with Gasteiger partial charge >= 0.3 is 0 Å². The van der Waals surface area contributed by atoms with Gasteiger partial charge in [0.25, 0.3) is 0 Å². The lowest BCUT2D eigenvalue weighted by Crippen LogP contribution is -2.46. The minimum Gasteiger partial charge on any atom is -0.342 e. The molecule has 1 aromatic rings. The number of benzene rings is 1. The van der Waals surface area contributed by atoms with Crippen molar-refractivity contribution in [3.63, 3.8) is 0 Å². The third-order valence-electron chi connectivity index (χ3n) is 4.60. The Kier molecular flexibility index (Phi) is 4.68. The van der Waals surface area contributed by atoms with Crippen LogP contribution in [0, 0.1) is 11.7 Å². The van der Waals surface area contributed by atoms with Crippen LogP contribution in [0.2, 0.25) is 0 Å². The van der Waals surface area contributed by atoms with E-state index in [9.17, 15) is 17.6 Å². The van der Waals surface area contributed by atoms with Gasteiger partial charge in [-0.25, -0.2) is 12.8 Å². The summed E-state index contributed by atoms with van der Waals surface area (Å²) in [5.74, 6) is -0.664. The first-order chi connectivity index (χ1) is 11.0. The van der Waals surface area contributed by atoms with E-state index < -0.39 is 15.8 Å². The molecule has 0 spiro atoms. The van der Waals surface area contributed by atoms with Gasteiger partial charge in [0.15, 0.2) is 0 Å². The van der Waals surface area contributed by atoms with E-state index in [1.54, 1.807) is 0 Å². The fraction of sp³-hybridized carbons (Fsp3) is 0.562. The van der Waals surface area contributed by atoms with Crippen LogP contribution in [0.15, 0.2) is 29.2 Å². The third-order valence-corrected chi connectivity index (χ3v) is 6.48. The Hall–Kier alpha value is -1.47. The Labute approximate surface area is 136 Å². The molecule has 2 heterocycles. The molecule has 0 aliphatic carbocycles. The summed E-state index contributed by atoms with van der Waals surface area (Å²) in [5.41, 5.74) is 0. The first-order valence-corrected chi connectivity index (χ1v) is 9.47. The van der Waals surface area contributed by atoms with Crippen LogP contribution >= 0.6 is 0 Å². The molecular formula is C16H21FN2O3S. The van der Waals surface area contributed by atoms with Crippen LogP contribution in [0.25, 0.3) is 0 Å². The maximum absolute atomic E-state index is 13.0. The van der Waals surface area contributed by atoms with Gasteiger partial charge < -0.3 is 4.90 Å². The highest BCUT2D eigenvalue weighted by molar-refractivity contribution is 7.89. The second-order valence-corrected chi connectivity index (χ2v) is 8.13. The van der Waals surface area contributed by atoms with Crippen molar-refractivity contribution in [3.05, 3.63) is 30.1 Å². The zero-order valence-electron chi connectivity index (χ0n) is 12.9. The average Bonchev–Trinajstić information content (AvgIpc) is 3.09. The van der Waals surface area contributed by atoms with Crippen LogP contribution in [-0.4, -0.2) is 49.7 Å². The molecule has 2 aliphatic rings. The number of halogens is 1. The maximum Gasteiger partial charge on any atom is 0.243 e. The summed E-state index contributed by atoms with van der Waals surface area (Å²) in [6.45, 7) is 2.18. The summed E-state index contributed by atoms with van der Waals surface area (Å²) in [6, 6.07) is 4.83. The maximum atomic E-state index is 13.0. The van der Waals surface area contributed by atoms with Crippen molar-refractivity contribution in [1.29, 1.82) is 0 Å². The quantitative estimate of drug-likeness (QED) is 0.844. The highest BCUT2D eigenvalue weighted by Crippen LogP contribution is 2.26. The van der Waals surface area contributed by atoms with Crippen molar-refractivity contribution in [3.8, 4) is 0 Å². The van der Waals surface area contributed by atoms with Crippen LogP contribution in [-0.2, 0) is 14.8 Å². The molecule has 0 unspecified atom stereocenters. The second kappa shape index (κ2) is 6.57. The van der Waals surface area contributed by atoms with Crippen LogP contribution < -0.4 is 0 Å². The van der Waals surface area contributed by atoms with E-state index in [1.165, 1.54) is 16.4 Å². The van der Waals surface area contributed by atoms with E-state index in [4.69, 9.17) is 0 Å². The Balaban J connectivity index is 1.74. The second-order valence-electron chi connectivity index (χ2n) is 6.19. The van der Waals surface area contributed by atoms with Gasteiger partial charge in [-0.15, -0.1) is 0 Å². The molecule has 2 aliphatic heterocycles. The van der Waals surface area contributed by atoms with Crippen LogP contribution in [0.3, 0.4) is 0 Å². The van der Waals surface area contributed by atoms with E-state index in [1.807, 2.05) is 4.90 Å². The average molecular weight is 340 g/mol. The first-order valence-electron chi connectivity index (χ1n) is 8.03. The highest BCUT2D eigenvalue weighted by Gasteiger charge is 2.35. The Morgan fingerprint density at radius 3 is 2.35 bits per heavy atom. The summed E-state index contributed by atoms with van der Waals surface area (Å²) in [5, 5.41) is 0. The summed E-state index contributed by atoms with van der Waals surface area (Å²) in [6.07, 6.45) is 3.45. The van der Waals surface area contributed by atoms with Crippen molar-refractivity contribution in [2.75, 3.05) is 26.2 Å². The SMILES string of the molecule is O=C([C@@H]1CCCN(S(=O)(=O)c2ccc(F)cc2)C1)N1CCCC1. The van der Waals surface area contributed by atoms with Gasteiger partial charge in [-0.3, -0.25) is 4.79 Å². The van der Waals surface area contributed by atoms with E-state index in [0.29, 0.717) is 13.0 Å². The summed E-state index contributed by atoms with van der Waals surface area (Å²) < 4.78 is 39.7. The number of likely N-dealkylation sites (tertiary alicyclic amines) is 1. The zero-order chi connectivity index (χ0) is 16.4. The van der Waals surface area contributed by atoms with E-state index in [-0.39, 0.29) is 23.3 Å². The van der Waals surface area contributed by atoms with Crippen molar-refractivity contribution >= 4 is 15.9 Å². The van der Waals surface area contributed by atoms with Gasteiger partial charge in [0, 0.05) is 26.2 Å². The standard InChI is InChI=1S/C16H21FN2O3S/c17-14-5-7-15(8-6-14)23(21,22)19-11-3-4-13(12-19)16(20)18-9-1-2-10-18/h5-8,13H,1-4,9-12H2/t13-/m1/s1. The molecule has 7 heteroatoms. The number of nitrogens with zero attached hydrogens (tertiary/aromatic N) is 2. The predicted molar refractivity (Wildman–Crippen MR) is 83.7 cm³/mol. The fourth-order valence-corrected chi connectivity index (χ4v) is 4.84. The zero-order valence-corrected chi connectivity index (χ0v) is 13.8. The van der Waals surface area contributed by atoms with Crippen LogP contribution in [0.5, 0.6) is 0 Å². The molecule has 1 atom stereocenters. The minimum atomic E-state index is -3.67. The smallest absolute Gasteiger partial charge is 0.243 e. The van der Waals surface area contributed by atoms with Gasteiger partial charge in [0.1, 0.15) is 5.82 Å². The molecule has 5 nitrogen and oxygen atoms in total. The number of piperidine rings is 1. The van der Waals surface area contributed by atoms with Gasteiger partial charge in [0.05, 0.1) is 10.8 Å². The van der Waals surface area contributed by atoms with Crippen molar-refractivity contribution in [2.45, 2.75) is 30.6 Å². The van der Waals surface area contributed by atoms with Crippen LogP contribution in [0.4, 0.5) is 4.39 Å².